The first-order valence-corrected chi connectivity index (χ1v) is 11.4. The van der Waals surface area contributed by atoms with Crippen LogP contribution in [-0.4, -0.2) is 38.7 Å². The van der Waals surface area contributed by atoms with Gasteiger partial charge in [-0.25, -0.2) is 8.78 Å². The number of likely N-dealkylation sites (tertiary alicyclic amines) is 1. The second-order valence-corrected chi connectivity index (χ2v) is 8.98. The van der Waals surface area contributed by atoms with E-state index < -0.39 is 6.43 Å². The highest BCUT2D eigenvalue weighted by Gasteiger charge is 2.26. The molecule has 0 saturated carbocycles. The second-order valence-electron chi connectivity index (χ2n) is 8.98. The molecule has 3 heterocycles. The fourth-order valence-corrected chi connectivity index (χ4v) is 4.76. The number of benzene rings is 1. The molecule has 2 aromatic heterocycles. The quantitative estimate of drug-likeness (QED) is 0.596. The van der Waals surface area contributed by atoms with Gasteiger partial charge in [-0.15, -0.1) is 5.10 Å². The monoisotopic (exact) mass is 469 g/mol. The van der Waals surface area contributed by atoms with E-state index in [0.29, 0.717) is 41.2 Å². The summed E-state index contributed by atoms with van der Waals surface area (Å²) >= 11 is 0. The van der Waals surface area contributed by atoms with Gasteiger partial charge < -0.3 is 14.8 Å². The molecule has 1 amide bonds. The lowest BCUT2D eigenvalue weighted by atomic mass is 9.89. The van der Waals surface area contributed by atoms with Crippen LogP contribution in [0.3, 0.4) is 0 Å². The zero-order valence-electron chi connectivity index (χ0n) is 19.8. The number of hydrogen-bond donors (Lipinski definition) is 1. The Kier molecular flexibility index (Phi) is 6.63. The van der Waals surface area contributed by atoms with Crippen LogP contribution in [0.25, 0.3) is 10.9 Å². The Balaban J connectivity index is 1.72. The Morgan fingerprint density at radius 3 is 2.47 bits per heavy atom. The molecule has 1 saturated heterocycles. The third-order valence-corrected chi connectivity index (χ3v) is 6.74. The zero-order chi connectivity index (χ0) is 24.6. The van der Waals surface area contributed by atoms with Crippen molar-refractivity contribution in [2.45, 2.75) is 52.0 Å². The molecule has 1 atom stereocenters. The SMILES string of the molecule is CC(=O)N1CCC(c2cc3c(N[C@H](C)c4cccc(C(F)F)c4)nnc(C)c3n(C)c2=O)CC1. The second kappa shape index (κ2) is 9.48. The van der Waals surface area contributed by atoms with Crippen molar-refractivity contribution in [3.63, 3.8) is 0 Å². The van der Waals surface area contributed by atoms with Crippen molar-refractivity contribution < 1.29 is 13.6 Å². The van der Waals surface area contributed by atoms with Gasteiger partial charge in [0.2, 0.25) is 5.91 Å². The summed E-state index contributed by atoms with van der Waals surface area (Å²) in [5, 5.41) is 12.6. The van der Waals surface area contributed by atoms with Gasteiger partial charge in [0.1, 0.15) is 0 Å². The predicted octanol–water partition coefficient (Wildman–Crippen LogP) is 4.47. The fourth-order valence-electron chi connectivity index (χ4n) is 4.76. The molecule has 9 heteroatoms. The number of piperidine rings is 1. The Hall–Kier alpha value is -3.36. The molecule has 0 radical (unpaired) electrons. The van der Waals surface area contributed by atoms with E-state index in [1.165, 1.54) is 12.1 Å². The number of fused-ring (bicyclic) bond motifs is 1. The van der Waals surface area contributed by atoms with Gasteiger partial charge in [0.05, 0.1) is 17.3 Å². The molecule has 1 fully saturated rings. The molecule has 180 valence electrons. The molecule has 3 aromatic rings. The molecule has 1 N–H and O–H groups in total. The van der Waals surface area contributed by atoms with Gasteiger partial charge in [-0.05, 0) is 50.3 Å². The number of nitrogens with one attached hydrogen (secondary N) is 1. The van der Waals surface area contributed by atoms with E-state index in [2.05, 4.69) is 15.5 Å². The normalized spacial score (nSPS) is 15.7. The maximum absolute atomic E-state index is 13.2. The van der Waals surface area contributed by atoms with Crippen LogP contribution in [0.2, 0.25) is 0 Å². The maximum atomic E-state index is 13.2. The molecule has 1 aromatic carbocycles. The molecule has 0 unspecified atom stereocenters. The molecule has 0 bridgehead atoms. The molecule has 34 heavy (non-hydrogen) atoms. The van der Waals surface area contributed by atoms with Crippen LogP contribution in [0.15, 0.2) is 35.1 Å². The van der Waals surface area contributed by atoms with Crippen molar-refractivity contribution in [3.05, 3.63) is 63.1 Å². The largest absolute Gasteiger partial charge is 0.361 e. The number of halogens is 2. The number of rotatable bonds is 5. The van der Waals surface area contributed by atoms with E-state index in [0.717, 1.165) is 18.2 Å². The van der Waals surface area contributed by atoms with E-state index in [1.54, 1.807) is 42.5 Å². The standard InChI is InChI=1S/C25H29F2N5O2/c1-14(18-6-5-7-19(12-18)23(26)27)28-24-21-13-20(17-8-10-32(11-9-17)16(3)33)25(34)31(4)22(21)15(2)29-30-24/h5-7,12-14,17,23H,8-11H2,1-4H3,(H,28,30)/t14-/m1/s1. The lowest BCUT2D eigenvalue weighted by molar-refractivity contribution is -0.129. The molecular weight excluding hydrogens is 440 g/mol. The number of hydrogen-bond acceptors (Lipinski definition) is 5. The summed E-state index contributed by atoms with van der Waals surface area (Å²) in [4.78, 5) is 26.7. The van der Waals surface area contributed by atoms with Crippen LogP contribution in [0.1, 0.15) is 67.5 Å². The van der Waals surface area contributed by atoms with Crippen LogP contribution < -0.4 is 10.9 Å². The molecule has 4 rings (SSSR count). The summed E-state index contributed by atoms with van der Waals surface area (Å²) in [5.41, 5.74) is 2.60. The van der Waals surface area contributed by atoms with Crippen molar-refractivity contribution in [2.75, 3.05) is 18.4 Å². The minimum absolute atomic E-state index is 0.0346. The fraction of sp³-hybridized carbons (Fsp3) is 0.440. The van der Waals surface area contributed by atoms with Crippen LogP contribution >= 0.6 is 0 Å². The highest BCUT2D eigenvalue weighted by Crippen LogP contribution is 2.32. The average molecular weight is 470 g/mol. The van der Waals surface area contributed by atoms with E-state index in [4.69, 9.17) is 0 Å². The first-order valence-electron chi connectivity index (χ1n) is 11.4. The lowest BCUT2D eigenvalue weighted by Crippen LogP contribution is -2.38. The van der Waals surface area contributed by atoms with E-state index >= 15 is 0 Å². The van der Waals surface area contributed by atoms with Crippen molar-refractivity contribution in [2.24, 2.45) is 7.05 Å². The maximum Gasteiger partial charge on any atom is 0.263 e. The van der Waals surface area contributed by atoms with E-state index in [-0.39, 0.29) is 29.0 Å². The highest BCUT2D eigenvalue weighted by atomic mass is 19.3. The Morgan fingerprint density at radius 2 is 1.82 bits per heavy atom. The summed E-state index contributed by atoms with van der Waals surface area (Å²) in [5.74, 6) is 0.584. The third kappa shape index (κ3) is 4.51. The first-order chi connectivity index (χ1) is 16.2. The molecular formula is C25H29F2N5O2. The smallest absolute Gasteiger partial charge is 0.263 e. The van der Waals surface area contributed by atoms with Crippen molar-refractivity contribution in [1.82, 2.24) is 19.7 Å². The van der Waals surface area contributed by atoms with Gasteiger partial charge in [0, 0.05) is 43.6 Å². The third-order valence-electron chi connectivity index (χ3n) is 6.74. The van der Waals surface area contributed by atoms with Crippen LogP contribution in [0.4, 0.5) is 14.6 Å². The summed E-state index contributed by atoms with van der Waals surface area (Å²) in [7, 11) is 1.73. The van der Waals surface area contributed by atoms with Crippen LogP contribution in [0, 0.1) is 6.92 Å². The number of carbonyl (C=O) groups is 1. The Morgan fingerprint density at radius 1 is 1.15 bits per heavy atom. The number of amides is 1. The lowest BCUT2D eigenvalue weighted by Gasteiger charge is -2.31. The average Bonchev–Trinajstić information content (AvgIpc) is 2.82. The molecule has 1 aliphatic rings. The van der Waals surface area contributed by atoms with Crippen molar-refractivity contribution in [3.8, 4) is 0 Å². The summed E-state index contributed by atoms with van der Waals surface area (Å²) in [6.45, 7) is 6.49. The Labute approximate surface area is 196 Å². The number of carbonyl (C=O) groups excluding carboxylic acids is 1. The molecule has 7 nitrogen and oxygen atoms in total. The number of pyridine rings is 1. The van der Waals surface area contributed by atoms with E-state index in [9.17, 15) is 18.4 Å². The number of alkyl halides is 2. The molecule has 0 spiro atoms. The van der Waals surface area contributed by atoms with Crippen molar-refractivity contribution >= 4 is 22.6 Å². The van der Waals surface area contributed by atoms with E-state index in [1.807, 2.05) is 13.0 Å². The number of nitrogens with zero attached hydrogens (tertiary/aromatic N) is 4. The van der Waals surface area contributed by atoms with Gasteiger partial charge in [-0.3, -0.25) is 9.59 Å². The zero-order valence-corrected chi connectivity index (χ0v) is 19.8. The predicted molar refractivity (Wildman–Crippen MR) is 127 cm³/mol. The first kappa shape index (κ1) is 23.8. The summed E-state index contributed by atoms with van der Waals surface area (Å²) < 4.78 is 27.9. The Bertz CT molecular complexity index is 1280. The highest BCUT2D eigenvalue weighted by molar-refractivity contribution is 5.91. The molecule has 0 aliphatic carbocycles. The van der Waals surface area contributed by atoms with Crippen LogP contribution in [0.5, 0.6) is 0 Å². The number of aromatic nitrogens is 3. The van der Waals surface area contributed by atoms with Gasteiger partial charge in [-0.2, -0.15) is 5.10 Å². The van der Waals surface area contributed by atoms with Gasteiger partial charge >= 0.3 is 0 Å². The number of anilines is 1. The minimum Gasteiger partial charge on any atom is -0.361 e. The summed E-state index contributed by atoms with van der Waals surface area (Å²) in [6.07, 6.45) is -1.10. The van der Waals surface area contributed by atoms with Gasteiger partial charge in [-0.1, -0.05) is 18.2 Å². The number of aryl methyl sites for hydroxylation is 2. The van der Waals surface area contributed by atoms with Crippen molar-refractivity contribution in [1.29, 1.82) is 0 Å². The van der Waals surface area contributed by atoms with Crippen LogP contribution in [-0.2, 0) is 11.8 Å². The minimum atomic E-state index is -2.54. The van der Waals surface area contributed by atoms with Gasteiger partial charge in [0.25, 0.3) is 12.0 Å². The summed E-state index contributed by atoms with van der Waals surface area (Å²) in [6, 6.07) is 7.87. The molecule has 1 aliphatic heterocycles. The van der Waals surface area contributed by atoms with Gasteiger partial charge in [0.15, 0.2) is 5.82 Å². The topological polar surface area (TPSA) is 80.1 Å².